The molecular formula is C21H18ClN5O2. The summed E-state index contributed by atoms with van der Waals surface area (Å²) < 4.78 is 6.85. The fourth-order valence-electron chi connectivity index (χ4n) is 2.79. The number of benzene rings is 2. The normalized spacial score (nSPS) is 10.9. The van der Waals surface area contributed by atoms with Gasteiger partial charge in [0.1, 0.15) is 0 Å². The summed E-state index contributed by atoms with van der Waals surface area (Å²) in [6, 6.07) is 15.2. The molecule has 1 N–H and O–H groups in total. The highest BCUT2D eigenvalue weighted by molar-refractivity contribution is 6.30. The maximum absolute atomic E-state index is 12.3. The van der Waals surface area contributed by atoms with E-state index in [4.69, 9.17) is 16.1 Å². The molecular weight excluding hydrogens is 390 g/mol. The molecule has 146 valence electrons. The molecule has 0 bridgehead atoms. The lowest BCUT2D eigenvalue weighted by Crippen LogP contribution is -2.23. The Bertz CT molecular complexity index is 1150. The van der Waals surface area contributed by atoms with E-state index < -0.39 is 5.91 Å². The fraction of sp³-hybridized carbons (Fsp3) is 0.143. The van der Waals surface area contributed by atoms with Gasteiger partial charge in [0.2, 0.25) is 5.82 Å². The second-order valence-corrected chi connectivity index (χ2v) is 7.08. The molecule has 0 unspecified atom stereocenters. The topological polar surface area (TPSA) is 85.8 Å². The molecule has 4 aromatic rings. The van der Waals surface area contributed by atoms with E-state index in [2.05, 4.69) is 20.6 Å². The third kappa shape index (κ3) is 4.20. The van der Waals surface area contributed by atoms with Crippen LogP contribution in [0.4, 0.5) is 0 Å². The van der Waals surface area contributed by atoms with Crippen molar-refractivity contribution in [3.63, 3.8) is 0 Å². The van der Waals surface area contributed by atoms with Gasteiger partial charge < -0.3 is 9.84 Å². The zero-order valence-corrected chi connectivity index (χ0v) is 16.6. The Labute approximate surface area is 172 Å². The largest absolute Gasteiger partial charge is 0.344 e. The van der Waals surface area contributed by atoms with E-state index in [-0.39, 0.29) is 5.89 Å². The number of carbonyl (C=O) groups is 1. The summed E-state index contributed by atoms with van der Waals surface area (Å²) in [5, 5.41) is 11.8. The van der Waals surface area contributed by atoms with E-state index in [0.717, 1.165) is 16.8 Å². The van der Waals surface area contributed by atoms with Gasteiger partial charge in [-0.1, -0.05) is 46.6 Å². The second kappa shape index (κ2) is 7.89. The SMILES string of the molecule is Cc1ccc(CNC(=O)c2nc(-c3cn(-c4ccc(Cl)cc4)nc3C)no2)cc1. The van der Waals surface area contributed by atoms with Crippen molar-refractivity contribution in [3.8, 4) is 17.1 Å². The van der Waals surface area contributed by atoms with E-state index in [1.807, 2.05) is 50.2 Å². The number of rotatable bonds is 5. The number of aryl methyl sites for hydroxylation is 2. The van der Waals surface area contributed by atoms with Crippen LogP contribution < -0.4 is 5.32 Å². The number of hydrogen-bond acceptors (Lipinski definition) is 5. The molecule has 0 atom stereocenters. The van der Waals surface area contributed by atoms with Crippen LogP contribution in [0, 0.1) is 13.8 Å². The third-order valence-corrected chi connectivity index (χ3v) is 4.68. The Morgan fingerprint density at radius 2 is 1.83 bits per heavy atom. The minimum absolute atomic E-state index is 0.0919. The molecule has 0 aliphatic heterocycles. The van der Waals surface area contributed by atoms with Crippen LogP contribution in [-0.2, 0) is 6.54 Å². The van der Waals surface area contributed by atoms with Gasteiger partial charge in [0.15, 0.2) is 0 Å². The van der Waals surface area contributed by atoms with Gasteiger partial charge in [0.25, 0.3) is 0 Å². The Morgan fingerprint density at radius 3 is 2.55 bits per heavy atom. The molecule has 29 heavy (non-hydrogen) atoms. The summed E-state index contributed by atoms with van der Waals surface area (Å²) in [6.45, 7) is 4.24. The number of nitrogens with zero attached hydrogens (tertiary/aromatic N) is 4. The quantitative estimate of drug-likeness (QED) is 0.537. The van der Waals surface area contributed by atoms with Gasteiger partial charge in [-0.05, 0) is 43.7 Å². The highest BCUT2D eigenvalue weighted by Gasteiger charge is 2.19. The first-order valence-corrected chi connectivity index (χ1v) is 9.37. The van der Waals surface area contributed by atoms with Crippen molar-refractivity contribution in [2.45, 2.75) is 20.4 Å². The van der Waals surface area contributed by atoms with Crippen molar-refractivity contribution in [1.82, 2.24) is 25.2 Å². The number of carbonyl (C=O) groups excluding carboxylic acids is 1. The number of hydrogen-bond donors (Lipinski definition) is 1. The van der Waals surface area contributed by atoms with Crippen LogP contribution in [0.15, 0.2) is 59.3 Å². The molecule has 0 radical (unpaired) electrons. The Kier molecular flexibility index (Phi) is 5.14. The number of halogens is 1. The van der Waals surface area contributed by atoms with Crippen LogP contribution in [0.2, 0.25) is 5.02 Å². The highest BCUT2D eigenvalue weighted by atomic mass is 35.5. The van der Waals surface area contributed by atoms with Crippen LogP contribution in [-0.4, -0.2) is 25.8 Å². The molecule has 8 heteroatoms. The number of amides is 1. The van der Waals surface area contributed by atoms with Crippen molar-refractivity contribution < 1.29 is 9.32 Å². The number of nitrogens with one attached hydrogen (secondary N) is 1. The minimum atomic E-state index is -0.424. The summed E-state index contributed by atoms with van der Waals surface area (Å²) in [6.07, 6.45) is 1.79. The Morgan fingerprint density at radius 1 is 1.10 bits per heavy atom. The van der Waals surface area contributed by atoms with E-state index in [9.17, 15) is 4.79 Å². The molecule has 2 aromatic carbocycles. The van der Waals surface area contributed by atoms with E-state index >= 15 is 0 Å². The first kappa shape index (κ1) is 18.9. The Balaban J connectivity index is 1.49. The first-order chi connectivity index (χ1) is 14.0. The summed E-state index contributed by atoms with van der Waals surface area (Å²) in [4.78, 5) is 16.6. The summed E-state index contributed by atoms with van der Waals surface area (Å²) in [7, 11) is 0. The van der Waals surface area contributed by atoms with Gasteiger partial charge in [-0.15, -0.1) is 0 Å². The molecule has 0 spiro atoms. The molecule has 7 nitrogen and oxygen atoms in total. The predicted octanol–water partition coefficient (Wildman–Crippen LogP) is 4.12. The highest BCUT2D eigenvalue weighted by Crippen LogP contribution is 2.22. The van der Waals surface area contributed by atoms with E-state index in [1.54, 1.807) is 23.0 Å². The van der Waals surface area contributed by atoms with Gasteiger partial charge >= 0.3 is 11.8 Å². The lowest BCUT2D eigenvalue weighted by molar-refractivity contribution is 0.0907. The molecule has 0 fully saturated rings. The first-order valence-electron chi connectivity index (χ1n) is 8.99. The zero-order valence-electron chi connectivity index (χ0n) is 15.9. The average molecular weight is 408 g/mol. The maximum atomic E-state index is 12.3. The predicted molar refractivity (Wildman–Crippen MR) is 109 cm³/mol. The molecule has 1 amide bonds. The summed E-state index contributed by atoms with van der Waals surface area (Å²) >= 11 is 5.94. The third-order valence-electron chi connectivity index (χ3n) is 4.42. The van der Waals surface area contributed by atoms with Crippen LogP contribution >= 0.6 is 11.6 Å². The van der Waals surface area contributed by atoms with Crippen molar-refractivity contribution in [3.05, 3.63) is 82.5 Å². The minimum Gasteiger partial charge on any atom is -0.344 e. The monoisotopic (exact) mass is 407 g/mol. The van der Waals surface area contributed by atoms with Crippen molar-refractivity contribution in [2.75, 3.05) is 0 Å². The van der Waals surface area contributed by atoms with Gasteiger partial charge in [-0.3, -0.25) is 4.79 Å². The molecule has 0 aliphatic rings. The standard InChI is InChI=1S/C21H18ClN5O2/c1-13-3-5-15(6-4-13)11-23-20(28)21-24-19(26-29-21)18-12-27(25-14(18)2)17-9-7-16(22)8-10-17/h3-10,12H,11H2,1-2H3,(H,23,28). The molecule has 0 aliphatic carbocycles. The van der Waals surface area contributed by atoms with Gasteiger partial charge in [0, 0.05) is 17.8 Å². The summed E-state index contributed by atoms with van der Waals surface area (Å²) in [5.41, 5.74) is 4.40. The molecule has 2 aromatic heterocycles. The number of aromatic nitrogens is 4. The molecule has 4 rings (SSSR count). The van der Waals surface area contributed by atoms with Crippen LogP contribution in [0.3, 0.4) is 0 Å². The van der Waals surface area contributed by atoms with Crippen molar-refractivity contribution >= 4 is 17.5 Å². The van der Waals surface area contributed by atoms with Crippen LogP contribution in [0.1, 0.15) is 27.5 Å². The smallest absolute Gasteiger partial charge is 0.316 e. The summed E-state index contributed by atoms with van der Waals surface area (Å²) in [5.74, 6) is -0.207. The fourth-order valence-corrected chi connectivity index (χ4v) is 2.92. The van der Waals surface area contributed by atoms with Crippen LogP contribution in [0.25, 0.3) is 17.1 Å². The maximum Gasteiger partial charge on any atom is 0.316 e. The van der Waals surface area contributed by atoms with Gasteiger partial charge in [-0.2, -0.15) is 10.1 Å². The molecule has 0 saturated heterocycles. The average Bonchev–Trinajstić information content (AvgIpc) is 3.35. The van der Waals surface area contributed by atoms with Crippen molar-refractivity contribution in [2.24, 2.45) is 0 Å². The molecule has 2 heterocycles. The van der Waals surface area contributed by atoms with Crippen molar-refractivity contribution in [1.29, 1.82) is 0 Å². The molecule has 0 saturated carbocycles. The zero-order chi connectivity index (χ0) is 20.4. The van der Waals surface area contributed by atoms with E-state index in [0.29, 0.717) is 28.6 Å². The lowest BCUT2D eigenvalue weighted by Gasteiger charge is -2.02. The van der Waals surface area contributed by atoms with Gasteiger partial charge in [-0.25, -0.2) is 4.68 Å². The van der Waals surface area contributed by atoms with E-state index in [1.165, 1.54) is 0 Å². The Hall–Kier alpha value is -3.45. The van der Waals surface area contributed by atoms with Crippen LogP contribution in [0.5, 0.6) is 0 Å². The second-order valence-electron chi connectivity index (χ2n) is 6.64. The van der Waals surface area contributed by atoms with Gasteiger partial charge in [0.05, 0.1) is 16.9 Å². The lowest BCUT2D eigenvalue weighted by atomic mass is 10.1.